The van der Waals surface area contributed by atoms with Crippen LogP contribution in [0.25, 0.3) is 11.3 Å². The second-order valence-corrected chi connectivity index (χ2v) is 5.11. The maximum absolute atomic E-state index is 11.4. The van der Waals surface area contributed by atoms with Crippen LogP contribution in [0.4, 0.5) is 0 Å². The molecule has 0 aliphatic carbocycles. The van der Waals surface area contributed by atoms with Crippen LogP contribution in [0.5, 0.6) is 0 Å². The third kappa shape index (κ3) is 3.23. The standard InChI is InChI=1S/C18H17N3O/c1-14(22)20-21-13-17(16-10-6-3-7-11-16)19-18(21)12-15-8-4-2-5-9-15/h2-11,13H,12H2,1H3,(H,20,22). The molecule has 0 aliphatic heterocycles. The van der Waals surface area contributed by atoms with Crippen LogP contribution in [0.2, 0.25) is 0 Å². The molecule has 0 unspecified atom stereocenters. The largest absolute Gasteiger partial charge is 0.274 e. The van der Waals surface area contributed by atoms with Crippen LogP contribution in [0.15, 0.2) is 66.9 Å². The maximum Gasteiger partial charge on any atom is 0.235 e. The number of aromatic nitrogens is 2. The molecule has 1 heterocycles. The van der Waals surface area contributed by atoms with E-state index in [1.807, 2.05) is 54.7 Å². The molecule has 0 saturated carbocycles. The molecular formula is C18H17N3O. The van der Waals surface area contributed by atoms with Gasteiger partial charge in [-0.2, -0.15) is 0 Å². The number of carbonyl (C=O) groups excluding carboxylic acids is 1. The highest BCUT2D eigenvalue weighted by Crippen LogP contribution is 2.19. The van der Waals surface area contributed by atoms with Gasteiger partial charge in [0.2, 0.25) is 5.91 Å². The topological polar surface area (TPSA) is 46.9 Å². The van der Waals surface area contributed by atoms with Gasteiger partial charge in [0.15, 0.2) is 0 Å². The lowest BCUT2D eigenvalue weighted by atomic mass is 10.1. The molecule has 1 N–H and O–H groups in total. The third-order valence-corrected chi connectivity index (χ3v) is 3.33. The highest BCUT2D eigenvalue weighted by Gasteiger charge is 2.11. The summed E-state index contributed by atoms with van der Waals surface area (Å²) in [5, 5.41) is 0. The minimum absolute atomic E-state index is 0.119. The van der Waals surface area contributed by atoms with Gasteiger partial charge in [-0.05, 0) is 5.56 Å². The molecule has 3 rings (SSSR count). The predicted molar refractivity (Wildman–Crippen MR) is 87.0 cm³/mol. The molecule has 0 bridgehead atoms. The molecule has 0 radical (unpaired) electrons. The van der Waals surface area contributed by atoms with Crippen molar-refractivity contribution < 1.29 is 4.79 Å². The molecule has 1 aromatic heterocycles. The van der Waals surface area contributed by atoms with Crippen molar-refractivity contribution in [1.82, 2.24) is 9.66 Å². The van der Waals surface area contributed by atoms with Crippen molar-refractivity contribution in [3.05, 3.63) is 78.2 Å². The monoisotopic (exact) mass is 291 g/mol. The number of nitrogens with zero attached hydrogens (tertiary/aromatic N) is 2. The van der Waals surface area contributed by atoms with E-state index >= 15 is 0 Å². The summed E-state index contributed by atoms with van der Waals surface area (Å²) in [5.74, 6) is 0.687. The number of rotatable bonds is 4. The summed E-state index contributed by atoms with van der Waals surface area (Å²) in [6, 6.07) is 20.0. The van der Waals surface area contributed by atoms with E-state index in [-0.39, 0.29) is 5.91 Å². The van der Waals surface area contributed by atoms with E-state index in [9.17, 15) is 4.79 Å². The van der Waals surface area contributed by atoms with E-state index in [1.165, 1.54) is 6.92 Å². The molecule has 110 valence electrons. The van der Waals surface area contributed by atoms with Crippen molar-refractivity contribution in [2.24, 2.45) is 0 Å². The van der Waals surface area contributed by atoms with Gasteiger partial charge in [0.1, 0.15) is 5.82 Å². The Morgan fingerprint density at radius 2 is 1.68 bits per heavy atom. The SMILES string of the molecule is CC(=O)Nn1cc(-c2ccccc2)nc1Cc1ccccc1. The van der Waals surface area contributed by atoms with Crippen molar-refractivity contribution in [3.8, 4) is 11.3 Å². The van der Waals surface area contributed by atoms with Crippen molar-refractivity contribution >= 4 is 5.91 Å². The minimum Gasteiger partial charge on any atom is -0.274 e. The maximum atomic E-state index is 11.4. The predicted octanol–water partition coefficient (Wildman–Crippen LogP) is 3.23. The van der Waals surface area contributed by atoms with E-state index < -0.39 is 0 Å². The molecule has 22 heavy (non-hydrogen) atoms. The van der Waals surface area contributed by atoms with Gasteiger partial charge in [-0.3, -0.25) is 10.2 Å². The van der Waals surface area contributed by atoms with Crippen LogP contribution < -0.4 is 5.43 Å². The van der Waals surface area contributed by atoms with E-state index in [0.29, 0.717) is 6.42 Å². The smallest absolute Gasteiger partial charge is 0.235 e. The Morgan fingerprint density at radius 3 is 2.32 bits per heavy atom. The first-order valence-corrected chi connectivity index (χ1v) is 7.17. The van der Waals surface area contributed by atoms with Crippen molar-refractivity contribution in [2.45, 2.75) is 13.3 Å². The first-order chi connectivity index (χ1) is 10.7. The van der Waals surface area contributed by atoms with Crippen LogP contribution in [-0.4, -0.2) is 15.6 Å². The Kier molecular flexibility index (Phi) is 4.01. The Hall–Kier alpha value is -2.88. The summed E-state index contributed by atoms with van der Waals surface area (Å²) in [7, 11) is 0. The van der Waals surface area contributed by atoms with Crippen molar-refractivity contribution in [3.63, 3.8) is 0 Å². The highest BCUT2D eigenvalue weighted by atomic mass is 16.2. The van der Waals surface area contributed by atoms with Crippen molar-refractivity contribution in [2.75, 3.05) is 5.43 Å². The molecule has 0 spiro atoms. The second kappa shape index (κ2) is 6.26. The minimum atomic E-state index is -0.119. The Morgan fingerprint density at radius 1 is 1.05 bits per heavy atom. The van der Waals surface area contributed by atoms with Gasteiger partial charge in [0.05, 0.1) is 11.9 Å². The van der Waals surface area contributed by atoms with Crippen LogP contribution in [-0.2, 0) is 11.2 Å². The molecular weight excluding hydrogens is 274 g/mol. The first kappa shape index (κ1) is 14.1. The number of imidazole rings is 1. The second-order valence-electron chi connectivity index (χ2n) is 5.11. The number of carbonyl (C=O) groups is 1. The van der Waals surface area contributed by atoms with Gasteiger partial charge >= 0.3 is 0 Å². The van der Waals surface area contributed by atoms with E-state index in [0.717, 1.165) is 22.6 Å². The number of benzene rings is 2. The Bertz CT molecular complexity index is 764. The number of nitrogens with one attached hydrogen (secondary N) is 1. The summed E-state index contributed by atoms with van der Waals surface area (Å²) in [5.41, 5.74) is 5.83. The summed E-state index contributed by atoms with van der Waals surface area (Å²) in [6.45, 7) is 1.49. The number of hydrogen-bond acceptors (Lipinski definition) is 2. The molecule has 4 nitrogen and oxygen atoms in total. The van der Waals surface area contributed by atoms with Gasteiger partial charge in [0, 0.05) is 18.9 Å². The normalized spacial score (nSPS) is 10.4. The number of amides is 1. The molecule has 0 saturated heterocycles. The lowest BCUT2D eigenvalue weighted by Gasteiger charge is -2.07. The fourth-order valence-corrected chi connectivity index (χ4v) is 2.34. The average Bonchev–Trinajstić information content (AvgIpc) is 2.91. The van der Waals surface area contributed by atoms with Crippen molar-refractivity contribution in [1.29, 1.82) is 0 Å². The van der Waals surface area contributed by atoms with E-state index in [1.54, 1.807) is 4.68 Å². The van der Waals surface area contributed by atoms with Gasteiger partial charge in [-0.1, -0.05) is 60.7 Å². The van der Waals surface area contributed by atoms with Gasteiger partial charge in [0.25, 0.3) is 0 Å². The fraction of sp³-hybridized carbons (Fsp3) is 0.111. The lowest BCUT2D eigenvalue weighted by Crippen LogP contribution is -2.21. The third-order valence-electron chi connectivity index (χ3n) is 3.33. The molecule has 0 fully saturated rings. The van der Waals surface area contributed by atoms with Crippen LogP contribution in [0.1, 0.15) is 18.3 Å². The van der Waals surface area contributed by atoms with Crippen LogP contribution >= 0.6 is 0 Å². The Labute approximate surface area is 129 Å². The van der Waals surface area contributed by atoms with Gasteiger partial charge in [-0.15, -0.1) is 0 Å². The molecule has 0 aliphatic rings. The summed E-state index contributed by atoms with van der Waals surface area (Å²) in [6.07, 6.45) is 2.52. The summed E-state index contributed by atoms with van der Waals surface area (Å²) in [4.78, 5) is 16.1. The zero-order chi connectivity index (χ0) is 15.4. The Balaban J connectivity index is 1.96. The lowest BCUT2D eigenvalue weighted by molar-refractivity contribution is -0.115. The van der Waals surface area contributed by atoms with Crippen LogP contribution in [0.3, 0.4) is 0 Å². The summed E-state index contributed by atoms with van der Waals surface area (Å²) < 4.78 is 1.71. The quantitative estimate of drug-likeness (QED) is 0.802. The highest BCUT2D eigenvalue weighted by molar-refractivity contribution is 5.81. The first-order valence-electron chi connectivity index (χ1n) is 7.17. The van der Waals surface area contributed by atoms with Gasteiger partial charge in [-0.25, -0.2) is 9.66 Å². The van der Waals surface area contributed by atoms with E-state index in [4.69, 9.17) is 0 Å². The average molecular weight is 291 g/mol. The molecule has 0 atom stereocenters. The van der Waals surface area contributed by atoms with Crippen LogP contribution in [0, 0.1) is 0 Å². The molecule has 2 aromatic carbocycles. The zero-order valence-corrected chi connectivity index (χ0v) is 12.4. The fourth-order valence-electron chi connectivity index (χ4n) is 2.34. The van der Waals surface area contributed by atoms with E-state index in [2.05, 4.69) is 22.5 Å². The van der Waals surface area contributed by atoms with Gasteiger partial charge < -0.3 is 0 Å². The molecule has 3 aromatic rings. The molecule has 1 amide bonds. The zero-order valence-electron chi connectivity index (χ0n) is 12.4. The summed E-state index contributed by atoms with van der Waals surface area (Å²) >= 11 is 0. The molecule has 4 heteroatoms. The number of hydrogen-bond donors (Lipinski definition) is 1.